The molecular weight excluding hydrogens is 480 g/mol. The van der Waals surface area contributed by atoms with Crippen LogP contribution in [0.25, 0.3) is 0 Å². The van der Waals surface area contributed by atoms with Crippen molar-refractivity contribution in [2.45, 2.75) is 32.7 Å². The zero-order valence-corrected chi connectivity index (χ0v) is 21.0. The maximum atomic E-state index is 13.0. The van der Waals surface area contributed by atoms with E-state index in [2.05, 4.69) is 42.0 Å². The Labute approximate surface area is 203 Å². The summed E-state index contributed by atoms with van der Waals surface area (Å²) < 4.78 is 6.50. The fourth-order valence-electron chi connectivity index (χ4n) is 3.33. The summed E-state index contributed by atoms with van der Waals surface area (Å²) in [5.74, 6) is 0.0778. The van der Waals surface area contributed by atoms with Crippen LogP contribution in [0.15, 0.2) is 77.3 Å². The maximum Gasteiger partial charge on any atom is 0.262 e. The monoisotopic (exact) mass is 508 g/mol. The van der Waals surface area contributed by atoms with E-state index in [4.69, 9.17) is 4.74 Å². The molecule has 0 aliphatic heterocycles. The lowest BCUT2D eigenvalue weighted by atomic mass is 9.87. The van der Waals surface area contributed by atoms with Crippen molar-refractivity contribution >= 4 is 33.4 Å². The molecule has 0 unspecified atom stereocenters. The molecule has 0 bridgehead atoms. The van der Waals surface area contributed by atoms with Crippen molar-refractivity contribution in [3.05, 3.63) is 94.0 Å². The van der Waals surface area contributed by atoms with Crippen molar-refractivity contribution < 1.29 is 14.3 Å². The van der Waals surface area contributed by atoms with E-state index in [1.54, 1.807) is 36.2 Å². The molecule has 0 radical (unpaired) electrons. The molecule has 0 spiro atoms. The van der Waals surface area contributed by atoms with Gasteiger partial charge in [0.15, 0.2) is 6.61 Å². The van der Waals surface area contributed by atoms with Gasteiger partial charge in [0, 0.05) is 13.6 Å². The molecule has 1 N–H and O–H groups in total. The highest BCUT2D eigenvalue weighted by Gasteiger charge is 2.18. The molecule has 5 nitrogen and oxygen atoms in total. The number of hydrogen-bond acceptors (Lipinski definition) is 3. The molecule has 2 amide bonds. The largest absolute Gasteiger partial charge is 0.483 e. The number of hydrogen-bond donors (Lipinski definition) is 1. The van der Waals surface area contributed by atoms with E-state index < -0.39 is 0 Å². The first kappa shape index (κ1) is 24.5. The average Bonchev–Trinajstić information content (AvgIpc) is 2.78. The second-order valence-electron chi connectivity index (χ2n) is 8.92. The first-order valence-corrected chi connectivity index (χ1v) is 11.6. The minimum absolute atomic E-state index is 0.0162. The Morgan fingerprint density at radius 1 is 0.970 bits per heavy atom. The second kappa shape index (κ2) is 10.7. The number of nitrogens with one attached hydrogen (secondary N) is 1. The SMILES string of the molecule is CN(Cc1ccccc1)C(=O)c1ccccc1NC(=O)COc1ccc(C(C)(C)C)cc1Br. The van der Waals surface area contributed by atoms with Crippen LogP contribution in [-0.4, -0.2) is 30.4 Å². The van der Waals surface area contributed by atoms with Gasteiger partial charge in [-0.25, -0.2) is 0 Å². The number of para-hydroxylation sites is 1. The molecule has 6 heteroatoms. The van der Waals surface area contributed by atoms with Gasteiger partial charge in [-0.1, -0.05) is 69.3 Å². The number of benzene rings is 3. The third-order valence-electron chi connectivity index (χ3n) is 5.20. The van der Waals surface area contributed by atoms with Crippen molar-refractivity contribution in [1.82, 2.24) is 4.90 Å². The van der Waals surface area contributed by atoms with E-state index >= 15 is 0 Å². The molecule has 0 atom stereocenters. The van der Waals surface area contributed by atoms with Gasteiger partial charge in [-0.3, -0.25) is 9.59 Å². The second-order valence-corrected chi connectivity index (χ2v) is 9.78. The summed E-state index contributed by atoms with van der Waals surface area (Å²) in [4.78, 5) is 27.2. The molecule has 0 aliphatic rings. The van der Waals surface area contributed by atoms with Crippen LogP contribution in [0.3, 0.4) is 0 Å². The molecule has 0 saturated carbocycles. The minimum atomic E-state index is -0.340. The molecule has 0 fully saturated rings. The van der Waals surface area contributed by atoms with E-state index in [-0.39, 0.29) is 23.8 Å². The average molecular weight is 509 g/mol. The fourth-order valence-corrected chi connectivity index (χ4v) is 3.82. The number of anilines is 1. The number of carbonyl (C=O) groups excluding carboxylic acids is 2. The minimum Gasteiger partial charge on any atom is -0.483 e. The Morgan fingerprint density at radius 2 is 1.64 bits per heavy atom. The fraction of sp³-hybridized carbons (Fsp3) is 0.259. The lowest BCUT2D eigenvalue weighted by Crippen LogP contribution is -2.28. The van der Waals surface area contributed by atoms with Gasteiger partial charge in [-0.05, 0) is 56.7 Å². The van der Waals surface area contributed by atoms with Crippen molar-refractivity contribution in [3.8, 4) is 5.75 Å². The number of nitrogens with zero attached hydrogens (tertiary/aromatic N) is 1. The van der Waals surface area contributed by atoms with E-state index in [1.807, 2.05) is 48.5 Å². The third-order valence-corrected chi connectivity index (χ3v) is 5.82. The van der Waals surface area contributed by atoms with Crippen LogP contribution < -0.4 is 10.1 Å². The molecule has 0 heterocycles. The summed E-state index contributed by atoms with van der Waals surface area (Å²) in [6.45, 7) is 6.72. The third kappa shape index (κ3) is 6.68. The van der Waals surface area contributed by atoms with Crippen LogP contribution >= 0.6 is 15.9 Å². The Hall–Kier alpha value is -3.12. The Kier molecular flexibility index (Phi) is 7.92. The summed E-state index contributed by atoms with van der Waals surface area (Å²) in [5, 5.41) is 2.81. The zero-order valence-electron chi connectivity index (χ0n) is 19.4. The lowest BCUT2D eigenvalue weighted by Gasteiger charge is -2.20. The van der Waals surface area contributed by atoms with Crippen LogP contribution in [0, 0.1) is 0 Å². The van der Waals surface area contributed by atoms with E-state index in [0.717, 1.165) is 10.0 Å². The first-order valence-electron chi connectivity index (χ1n) is 10.8. The van der Waals surface area contributed by atoms with Gasteiger partial charge in [0.25, 0.3) is 11.8 Å². The van der Waals surface area contributed by atoms with Crippen LogP contribution in [0.2, 0.25) is 0 Å². The maximum absolute atomic E-state index is 13.0. The summed E-state index contributed by atoms with van der Waals surface area (Å²) in [5.41, 5.74) is 3.10. The van der Waals surface area contributed by atoms with Crippen LogP contribution in [0.5, 0.6) is 5.75 Å². The normalized spacial score (nSPS) is 11.1. The molecule has 0 aromatic heterocycles. The quantitative estimate of drug-likeness (QED) is 0.423. The van der Waals surface area contributed by atoms with Gasteiger partial charge in [0.2, 0.25) is 0 Å². The van der Waals surface area contributed by atoms with Crippen LogP contribution in [0.4, 0.5) is 5.69 Å². The highest BCUT2D eigenvalue weighted by Crippen LogP contribution is 2.31. The highest BCUT2D eigenvalue weighted by molar-refractivity contribution is 9.10. The number of carbonyl (C=O) groups is 2. The van der Waals surface area contributed by atoms with Crippen molar-refractivity contribution in [1.29, 1.82) is 0 Å². The Bertz CT molecular complexity index is 1120. The molecule has 0 aliphatic carbocycles. The van der Waals surface area contributed by atoms with Crippen molar-refractivity contribution in [3.63, 3.8) is 0 Å². The van der Waals surface area contributed by atoms with E-state index in [1.165, 1.54) is 5.56 Å². The van der Waals surface area contributed by atoms with Gasteiger partial charge < -0.3 is 15.0 Å². The van der Waals surface area contributed by atoms with Crippen LogP contribution in [0.1, 0.15) is 42.3 Å². The molecule has 3 aromatic carbocycles. The molecular formula is C27H29BrN2O3. The number of rotatable bonds is 7. The number of amides is 2. The predicted molar refractivity (Wildman–Crippen MR) is 136 cm³/mol. The summed E-state index contributed by atoms with van der Waals surface area (Å²) in [7, 11) is 1.75. The van der Waals surface area contributed by atoms with Crippen molar-refractivity contribution in [2.75, 3.05) is 19.0 Å². The smallest absolute Gasteiger partial charge is 0.262 e. The molecule has 33 heavy (non-hydrogen) atoms. The summed E-state index contributed by atoms with van der Waals surface area (Å²) in [6.07, 6.45) is 0. The number of halogens is 1. The number of ether oxygens (including phenoxy) is 1. The standard InChI is InChI=1S/C27H29BrN2O3/c1-27(2,3)20-14-15-24(22(28)16-20)33-18-25(31)29-23-13-9-8-12-21(23)26(32)30(4)17-19-10-6-5-7-11-19/h5-16H,17-18H2,1-4H3,(H,29,31). The van der Waals surface area contributed by atoms with Crippen molar-refractivity contribution in [2.24, 2.45) is 0 Å². The lowest BCUT2D eigenvalue weighted by molar-refractivity contribution is -0.118. The van der Waals surface area contributed by atoms with Crippen LogP contribution in [-0.2, 0) is 16.8 Å². The molecule has 172 valence electrons. The highest BCUT2D eigenvalue weighted by atomic mass is 79.9. The predicted octanol–water partition coefficient (Wildman–Crippen LogP) is 6.04. The Morgan fingerprint density at radius 3 is 2.30 bits per heavy atom. The van der Waals surface area contributed by atoms with Gasteiger partial charge in [-0.15, -0.1) is 0 Å². The summed E-state index contributed by atoms with van der Waals surface area (Å²) >= 11 is 3.52. The zero-order chi connectivity index (χ0) is 24.0. The van der Waals surface area contributed by atoms with E-state index in [0.29, 0.717) is 23.5 Å². The molecule has 3 aromatic rings. The Balaban J connectivity index is 1.64. The topological polar surface area (TPSA) is 58.6 Å². The van der Waals surface area contributed by atoms with Gasteiger partial charge in [0.1, 0.15) is 5.75 Å². The molecule has 3 rings (SSSR count). The van der Waals surface area contributed by atoms with Gasteiger partial charge >= 0.3 is 0 Å². The summed E-state index contributed by atoms with van der Waals surface area (Å²) in [6, 6.07) is 22.6. The first-order chi connectivity index (χ1) is 15.6. The van der Waals surface area contributed by atoms with Gasteiger partial charge in [-0.2, -0.15) is 0 Å². The molecule has 0 saturated heterocycles. The van der Waals surface area contributed by atoms with Gasteiger partial charge in [0.05, 0.1) is 15.7 Å². The van der Waals surface area contributed by atoms with E-state index in [9.17, 15) is 9.59 Å².